The van der Waals surface area contributed by atoms with E-state index in [-0.39, 0.29) is 16.2 Å². The number of nitrogens with zero attached hydrogens (tertiary/aromatic N) is 2. The lowest BCUT2D eigenvalue weighted by atomic mass is 9.87. The second kappa shape index (κ2) is 7.13. The molecule has 2 nitrogen and oxygen atoms in total. The summed E-state index contributed by atoms with van der Waals surface area (Å²) < 4.78 is 0. The summed E-state index contributed by atoms with van der Waals surface area (Å²) in [6.45, 7) is 11.9. The number of rotatable bonds is 4. The van der Waals surface area contributed by atoms with Crippen LogP contribution in [-0.2, 0) is 5.41 Å². The molecule has 160 valence electrons. The molecule has 0 saturated heterocycles. The van der Waals surface area contributed by atoms with E-state index in [9.17, 15) is 0 Å². The van der Waals surface area contributed by atoms with Crippen LogP contribution in [0.25, 0.3) is 33.9 Å². The van der Waals surface area contributed by atoms with Crippen molar-refractivity contribution in [2.24, 2.45) is 10.8 Å². The second-order valence-electron chi connectivity index (χ2n) is 10.1. The number of hydrogen-bond donors (Lipinski definition) is 0. The molecule has 1 saturated carbocycles. The highest BCUT2D eigenvalue weighted by Gasteiger charge is 2.74. The van der Waals surface area contributed by atoms with E-state index >= 15 is 0 Å². The van der Waals surface area contributed by atoms with Crippen molar-refractivity contribution in [3.8, 4) is 33.9 Å². The molecule has 5 rings (SSSR count). The van der Waals surface area contributed by atoms with Crippen LogP contribution in [-0.4, -0.2) is 9.97 Å². The Morgan fingerprint density at radius 1 is 0.500 bits per heavy atom. The molecule has 2 heteroatoms. The van der Waals surface area contributed by atoms with Gasteiger partial charge in [-0.15, -0.1) is 0 Å². The zero-order chi connectivity index (χ0) is 22.6. The highest BCUT2D eigenvalue weighted by Crippen LogP contribution is 2.77. The molecule has 0 spiro atoms. The largest absolute Gasteiger partial charge is 0.228 e. The highest BCUT2D eigenvalue weighted by molar-refractivity contribution is 5.71. The van der Waals surface area contributed by atoms with Crippen LogP contribution in [0.15, 0.2) is 91.0 Å². The van der Waals surface area contributed by atoms with Crippen molar-refractivity contribution in [1.29, 1.82) is 0 Å². The quantitative estimate of drug-likeness (QED) is 0.338. The lowest BCUT2D eigenvalue weighted by Gasteiger charge is -2.17. The molecule has 0 radical (unpaired) electrons. The summed E-state index contributed by atoms with van der Waals surface area (Å²) >= 11 is 0. The Kier molecular flexibility index (Phi) is 4.60. The molecule has 1 aliphatic carbocycles. The molecule has 0 bridgehead atoms. The predicted octanol–water partition coefficient (Wildman–Crippen LogP) is 7.80. The molecule has 32 heavy (non-hydrogen) atoms. The van der Waals surface area contributed by atoms with Crippen molar-refractivity contribution in [2.45, 2.75) is 40.0 Å². The van der Waals surface area contributed by atoms with Gasteiger partial charge in [-0.25, -0.2) is 9.97 Å². The average Bonchev–Trinajstić information content (AvgIpc) is 3.16. The minimum atomic E-state index is 0.167. The summed E-state index contributed by atoms with van der Waals surface area (Å²) in [5, 5.41) is 0. The monoisotopic (exact) mass is 418 g/mol. The molecule has 0 aliphatic heterocycles. The molecular weight excluding hydrogens is 388 g/mol. The van der Waals surface area contributed by atoms with Gasteiger partial charge in [0.05, 0.1) is 11.4 Å². The molecule has 1 fully saturated rings. The van der Waals surface area contributed by atoms with Crippen LogP contribution in [0.3, 0.4) is 0 Å². The fourth-order valence-electron chi connectivity index (χ4n) is 5.36. The van der Waals surface area contributed by atoms with E-state index in [1.807, 2.05) is 36.4 Å². The second-order valence-corrected chi connectivity index (χ2v) is 10.1. The third kappa shape index (κ3) is 2.93. The van der Waals surface area contributed by atoms with E-state index in [0.29, 0.717) is 0 Å². The first kappa shape index (κ1) is 20.6. The van der Waals surface area contributed by atoms with Crippen molar-refractivity contribution < 1.29 is 0 Å². The Hall–Kier alpha value is -3.26. The third-order valence-electron chi connectivity index (χ3n) is 8.59. The Balaban J connectivity index is 1.59. The summed E-state index contributed by atoms with van der Waals surface area (Å²) in [7, 11) is 0. The Morgan fingerprint density at radius 3 is 1.34 bits per heavy atom. The smallest absolute Gasteiger partial charge is 0.160 e. The normalized spacial score (nSPS) is 17.7. The first-order valence-electron chi connectivity index (χ1n) is 11.4. The van der Waals surface area contributed by atoms with Crippen molar-refractivity contribution in [2.75, 3.05) is 0 Å². The molecule has 1 heterocycles. The van der Waals surface area contributed by atoms with E-state index in [4.69, 9.17) is 9.97 Å². The average molecular weight is 419 g/mol. The van der Waals surface area contributed by atoms with Crippen molar-refractivity contribution in [3.05, 3.63) is 96.6 Å². The summed E-state index contributed by atoms with van der Waals surface area (Å²) in [5.41, 5.74) is 7.21. The van der Waals surface area contributed by atoms with Gasteiger partial charge in [0.1, 0.15) is 0 Å². The maximum absolute atomic E-state index is 4.95. The molecule has 0 amide bonds. The topological polar surface area (TPSA) is 25.8 Å². The standard InChI is InChI=1S/C30H30N2/c1-28(2)29(3,4)30(28,5)24-18-16-23(17-19-24)27-31-25(21-12-8-6-9-13-21)20-26(32-27)22-14-10-7-11-15-22/h6-20H,1-5H3. The fourth-order valence-corrected chi connectivity index (χ4v) is 5.36. The van der Waals surface area contributed by atoms with Gasteiger partial charge in [0.15, 0.2) is 5.82 Å². The van der Waals surface area contributed by atoms with Gasteiger partial charge in [-0.2, -0.15) is 0 Å². The SMILES string of the molecule is CC1(C)C(C)(C)C1(C)c1ccc(-c2nc(-c3ccccc3)cc(-c3ccccc3)n2)cc1. The maximum atomic E-state index is 4.95. The summed E-state index contributed by atoms with van der Waals surface area (Å²) in [4.78, 5) is 9.91. The fraction of sp³-hybridized carbons (Fsp3) is 0.267. The van der Waals surface area contributed by atoms with Gasteiger partial charge in [0, 0.05) is 22.1 Å². The lowest BCUT2D eigenvalue weighted by molar-refractivity contribution is 0.457. The van der Waals surface area contributed by atoms with Crippen LogP contribution in [0.2, 0.25) is 0 Å². The zero-order valence-corrected chi connectivity index (χ0v) is 19.6. The van der Waals surface area contributed by atoms with Crippen LogP contribution < -0.4 is 0 Å². The Morgan fingerprint density at radius 2 is 0.938 bits per heavy atom. The number of aromatic nitrogens is 2. The first-order valence-corrected chi connectivity index (χ1v) is 11.4. The third-order valence-corrected chi connectivity index (χ3v) is 8.59. The van der Waals surface area contributed by atoms with Crippen molar-refractivity contribution >= 4 is 0 Å². The van der Waals surface area contributed by atoms with Crippen LogP contribution >= 0.6 is 0 Å². The van der Waals surface area contributed by atoms with E-state index in [2.05, 4.69) is 89.2 Å². The van der Waals surface area contributed by atoms with Gasteiger partial charge in [-0.1, -0.05) is 120 Å². The highest BCUT2D eigenvalue weighted by atomic mass is 14.9. The maximum Gasteiger partial charge on any atom is 0.160 e. The van der Waals surface area contributed by atoms with E-state index in [0.717, 1.165) is 33.9 Å². The molecule has 3 aromatic carbocycles. The van der Waals surface area contributed by atoms with Crippen molar-refractivity contribution in [3.63, 3.8) is 0 Å². The van der Waals surface area contributed by atoms with E-state index < -0.39 is 0 Å². The van der Waals surface area contributed by atoms with Gasteiger partial charge in [0.25, 0.3) is 0 Å². The molecule has 0 unspecified atom stereocenters. The van der Waals surface area contributed by atoms with Crippen LogP contribution in [0.5, 0.6) is 0 Å². The van der Waals surface area contributed by atoms with Gasteiger partial charge in [-0.05, 0) is 22.5 Å². The lowest BCUT2D eigenvalue weighted by Crippen LogP contribution is -2.11. The Labute approximate surface area is 191 Å². The van der Waals surface area contributed by atoms with Crippen molar-refractivity contribution in [1.82, 2.24) is 9.97 Å². The van der Waals surface area contributed by atoms with E-state index in [1.165, 1.54) is 5.56 Å². The summed E-state index contributed by atoms with van der Waals surface area (Å²) in [6, 6.07) is 31.7. The van der Waals surface area contributed by atoms with Gasteiger partial charge in [0.2, 0.25) is 0 Å². The minimum Gasteiger partial charge on any atom is -0.228 e. The van der Waals surface area contributed by atoms with Gasteiger partial charge >= 0.3 is 0 Å². The van der Waals surface area contributed by atoms with Gasteiger partial charge in [-0.3, -0.25) is 0 Å². The first-order chi connectivity index (χ1) is 15.3. The van der Waals surface area contributed by atoms with Crippen LogP contribution in [0, 0.1) is 10.8 Å². The molecule has 0 N–H and O–H groups in total. The van der Waals surface area contributed by atoms with Crippen LogP contribution in [0.1, 0.15) is 40.2 Å². The molecule has 1 aliphatic rings. The zero-order valence-electron chi connectivity index (χ0n) is 19.6. The number of benzene rings is 3. The summed E-state index contributed by atoms with van der Waals surface area (Å²) in [5.74, 6) is 0.760. The molecule has 0 atom stereocenters. The molecular formula is C30H30N2. The Bertz CT molecular complexity index is 1180. The minimum absolute atomic E-state index is 0.167. The van der Waals surface area contributed by atoms with Crippen LogP contribution in [0.4, 0.5) is 0 Å². The molecule has 4 aromatic rings. The number of hydrogen-bond acceptors (Lipinski definition) is 2. The van der Waals surface area contributed by atoms with E-state index in [1.54, 1.807) is 0 Å². The van der Waals surface area contributed by atoms with Gasteiger partial charge < -0.3 is 0 Å². The predicted molar refractivity (Wildman–Crippen MR) is 133 cm³/mol. The molecule has 1 aromatic heterocycles. The summed E-state index contributed by atoms with van der Waals surface area (Å²) in [6.07, 6.45) is 0.